The molecule has 1 heterocycles. The van der Waals surface area contributed by atoms with Crippen molar-refractivity contribution in [2.24, 2.45) is 5.73 Å². The van der Waals surface area contributed by atoms with Crippen molar-refractivity contribution in [3.05, 3.63) is 35.0 Å². The summed E-state index contributed by atoms with van der Waals surface area (Å²) >= 11 is 6.15. The zero-order valence-electron chi connectivity index (χ0n) is 7.96. The molecule has 0 amide bonds. The van der Waals surface area contributed by atoms with Crippen LogP contribution < -0.4 is 5.73 Å². The summed E-state index contributed by atoms with van der Waals surface area (Å²) in [6.07, 6.45) is 0.674. The molecule has 1 atom stereocenters. The summed E-state index contributed by atoms with van der Waals surface area (Å²) in [6, 6.07) is 7.79. The Morgan fingerprint density at radius 1 is 1.43 bits per heavy atom. The largest absolute Gasteiger partial charge is 0.459 e. The highest BCUT2D eigenvalue weighted by atomic mass is 35.5. The molecule has 0 bridgehead atoms. The van der Waals surface area contributed by atoms with Gasteiger partial charge in [0.2, 0.25) is 0 Å². The summed E-state index contributed by atoms with van der Waals surface area (Å²) in [5, 5.41) is 1.66. The molecule has 1 unspecified atom stereocenters. The number of nitrogens with two attached hydrogens (primary N) is 1. The van der Waals surface area contributed by atoms with E-state index in [1.54, 1.807) is 0 Å². The lowest BCUT2D eigenvalue weighted by molar-refractivity contribution is 0.525. The highest BCUT2D eigenvalue weighted by Gasteiger charge is 2.12. The number of halogens is 1. The Kier molecular flexibility index (Phi) is 2.48. The average molecular weight is 210 g/mol. The van der Waals surface area contributed by atoms with Gasteiger partial charge >= 0.3 is 0 Å². The maximum absolute atomic E-state index is 6.15. The highest BCUT2D eigenvalue weighted by Crippen LogP contribution is 2.30. The zero-order chi connectivity index (χ0) is 10.1. The van der Waals surface area contributed by atoms with E-state index in [9.17, 15) is 0 Å². The quantitative estimate of drug-likeness (QED) is 0.826. The Morgan fingerprint density at radius 2 is 2.14 bits per heavy atom. The lowest BCUT2D eigenvalue weighted by atomic mass is 10.2. The minimum absolute atomic E-state index is 0.0630. The van der Waals surface area contributed by atoms with E-state index in [2.05, 4.69) is 0 Å². The summed E-state index contributed by atoms with van der Waals surface area (Å²) in [6.45, 7) is 1.93. The van der Waals surface area contributed by atoms with E-state index in [4.69, 9.17) is 21.8 Å². The number of benzene rings is 1. The molecule has 0 radical (unpaired) electrons. The molecule has 0 saturated heterocycles. The average Bonchev–Trinajstić information content (AvgIpc) is 2.44. The molecule has 0 spiro atoms. The molecule has 0 aliphatic carbocycles. The Bertz CT molecular complexity index is 447. The normalized spacial score (nSPS) is 13.4. The predicted octanol–water partition coefficient (Wildman–Crippen LogP) is 2.98. The van der Waals surface area contributed by atoms with Gasteiger partial charge in [-0.15, -0.1) is 0 Å². The van der Waals surface area contributed by atoms with Crippen LogP contribution >= 0.6 is 11.6 Å². The third-order valence-electron chi connectivity index (χ3n) is 2.11. The molecule has 1 aromatic carbocycles. The Morgan fingerprint density at radius 3 is 2.79 bits per heavy atom. The van der Waals surface area contributed by atoms with Gasteiger partial charge in [-0.1, -0.05) is 23.7 Å². The topological polar surface area (TPSA) is 39.2 Å². The molecule has 0 saturated carbocycles. The van der Waals surface area contributed by atoms with Crippen LogP contribution in [0.3, 0.4) is 0 Å². The van der Waals surface area contributed by atoms with Crippen LogP contribution in [0.5, 0.6) is 0 Å². The van der Waals surface area contributed by atoms with Crippen LogP contribution in [0.25, 0.3) is 11.0 Å². The van der Waals surface area contributed by atoms with Gasteiger partial charge in [-0.2, -0.15) is 0 Å². The van der Waals surface area contributed by atoms with Crippen molar-refractivity contribution in [3.8, 4) is 0 Å². The van der Waals surface area contributed by atoms with Crippen molar-refractivity contribution in [2.75, 3.05) is 0 Å². The third kappa shape index (κ3) is 1.63. The first-order valence-corrected chi connectivity index (χ1v) is 4.98. The number of fused-ring (bicyclic) bond motifs is 1. The number of furan rings is 1. The maximum atomic E-state index is 6.15. The van der Waals surface area contributed by atoms with Gasteiger partial charge < -0.3 is 10.2 Å². The van der Waals surface area contributed by atoms with Crippen LogP contribution in [0.2, 0.25) is 5.02 Å². The summed E-state index contributed by atoms with van der Waals surface area (Å²) in [7, 11) is 0. The predicted molar refractivity (Wildman–Crippen MR) is 58.6 cm³/mol. The van der Waals surface area contributed by atoms with Crippen molar-refractivity contribution >= 4 is 22.6 Å². The summed E-state index contributed by atoms with van der Waals surface area (Å²) < 4.78 is 5.60. The lowest BCUT2D eigenvalue weighted by Crippen LogP contribution is -2.17. The van der Waals surface area contributed by atoms with Crippen LogP contribution in [-0.2, 0) is 6.42 Å². The molecule has 2 rings (SSSR count). The number of hydrogen-bond acceptors (Lipinski definition) is 2. The van der Waals surface area contributed by atoms with Gasteiger partial charge in [0, 0.05) is 17.8 Å². The molecule has 0 aliphatic heterocycles. The molecular weight excluding hydrogens is 198 g/mol. The van der Waals surface area contributed by atoms with E-state index in [0.717, 1.165) is 16.7 Å². The molecule has 3 heteroatoms. The van der Waals surface area contributed by atoms with Crippen molar-refractivity contribution in [1.29, 1.82) is 0 Å². The number of para-hydroxylation sites is 1. The lowest BCUT2D eigenvalue weighted by Gasteiger charge is -2.00. The first kappa shape index (κ1) is 9.56. The van der Waals surface area contributed by atoms with Gasteiger partial charge in [-0.3, -0.25) is 0 Å². The second-order valence-corrected chi connectivity index (χ2v) is 3.89. The van der Waals surface area contributed by atoms with Gasteiger partial charge in [0.1, 0.15) is 11.3 Å². The van der Waals surface area contributed by atoms with Crippen molar-refractivity contribution < 1.29 is 4.42 Å². The SMILES string of the molecule is CC(N)Cc1oc2ccccc2c1Cl. The fourth-order valence-electron chi connectivity index (χ4n) is 1.49. The fourth-order valence-corrected chi connectivity index (χ4v) is 1.76. The minimum Gasteiger partial charge on any atom is -0.459 e. The maximum Gasteiger partial charge on any atom is 0.135 e. The van der Waals surface area contributed by atoms with Crippen LogP contribution in [0.1, 0.15) is 12.7 Å². The number of rotatable bonds is 2. The minimum atomic E-state index is 0.0630. The van der Waals surface area contributed by atoms with Crippen LogP contribution in [0, 0.1) is 0 Å². The van der Waals surface area contributed by atoms with E-state index in [0.29, 0.717) is 11.4 Å². The second kappa shape index (κ2) is 3.64. The zero-order valence-corrected chi connectivity index (χ0v) is 8.71. The van der Waals surface area contributed by atoms with Gasteiger partial charge in [-0.25, -0.2) is 0 Å². The molecule has 2 N–H and O–H groups in total. The summed E-state index contributed by atoms with van der Waals surface area (Å²) in [5.41, 5.74) is 6.52. The van der Waals surface area contributed by atoms with Crippen LogP contribution in [0.4, 0.5) is 0 Å². The van der Waals surface area contributed by atoms with Gasteiger partial charge in [0.15, 0.2) is 0 Å². The van der Waals surface area contributed by atoms with E-state index < -0.39 is 0 Å². The van der Waals surface area contributed by atoms with E-state index in [1.165, 1.54) is 0 Å². The highest BCUT2D eigenvalue weighted by molar-refractivity contribution is 6.36. The van der Waals surface area contributed by atoms with Crippen LogP contribution in [-0.4, -0.2) is 6.04 Å². The Labute approximate surface area is 87.6 Å². The first-order chi connectivity index (χ1) is 6.68. The van der Waals surface area contributed by atoms with Crippen molar-refractivity contribution in [2.45, 2.75) is 19.4 Å². The second-order valence-electron chi connectivity index (χ2n) is 3.52. The van der Waals surface area contributed by atoms with Gasteiger partial charge in [0.25, 0.3) is 0 Å². The van der Waals surface area contributed by atoms with Crippen LogP contribution in [0.15, 0.2) is 28.7 Å². The molecule has 2 nitrogen and oxygen atoms in total. The summed E-state index contributed by atoms with van der Waals surface area (Å²) in [4.78, 5) is 0. The van der Waals surface area contributed by atoms with Crippen molar-refractivity contribution in [1.82, 2.24) is 0 Å². The number of hydrogen-bond donors (Lipinski definition) is 1. The Balaban J connectivity index is 2.51. The molecule has 74 valence electrons. The molecule has 14 heavy (non-hydrogen) atoms. The molecule has 1 aromatic heterocycles. The van der Waals surface area contributed by atoms with E-state index in [1.807, 2.05) is 31.2 Å². The van der Waals surface area contributed by atoms with E-state index in [-0.39, 0.29) is 6.04 Å². The van der Waals surface area contributed by atoms with E-state index >= 15 is 0 Å². The molecule has 0 aliphatic rings. The van der Waals surface area contributed by atoms with Crippen molar-refractivity contribution in [3.63, 3.8) is 0 Å². The molecule has 2 aromatic rings. The molecule has 0 fully saturated rings. The smallest absolute Gasteiger partial charge is 0.135 e. The summed E-state index contributed by atoms with van der Waals surface area (Å²) in [5.74, 6) is 0.780. The molecular formula is C11H12ClNO. The third-order valence-corrected chi connectivity index (χ3v) is 2.52. The Hall–Kier alpha value is -0.990. The monoisotopic (exact) mass is 209 g/mol. The van der Waals surface area contributed by atoms with Gasteiger partial charge in [0.05, 0.1) is 5.02 Å². The first-order valence-electron chi connectivity index (χ1n) is 4.60. The fraction of sp³-hybridized carbons (Fsp3) is 0.273. The van der Waals surface area contributed by atoms with Gasteiger partial charge in [-0.05, 0) is 19.1 Å². The standard InChI is InChI=1S/C11H12ClNO/c1-7(13)6-10-11(12)8-4-2-3-5-9(8)14-10/h2-5,7H,6,13H2,1H3.